The molecule has 1 aromatic heterocycles. The summed E-state index contributed by atoms with van der Waals surface area (Å²) in [5.74, 6) is -2.50. The van der Waals surface area contributed by atoms with Crippen molar-refractivity contribution in [2.75, 3.05) is 27.3 Å². The topological polar surface area (TPSA) is 105 Å². The number of amidine groups is 1. The van der Waals surface area contributed by atoms with Crippen LogP contribution >= 0.6 is 0 Å². The van der Waals surface area contributed by atoms with E-state index in [4.69, 9.17) is 9.57 Å². The molecule has 2 aliphatic rings. The van der Waals surface area contributed by atoms with Crippen LogP contribution in [0.3, 0.4) is 0 Å². The summed E-state index contributed by atoms with van der Waals surface area (Å²) in [6, 6.07) is 2.78. The van der Waals surface area contributed by atoms with Gasteiger partial charge in [-0.3, -0.25) is 14.4 Å². The van der Waals surface area contributed by atoms with Crippen LogP contribution in [0.4, 0.5) is 8.78 Å². The lowest BCUT2D eigenvalue weighted by atomic mass is 10.1. The van der Waals surface area contributed by atoms with Crippen molar-refractivity contribution in [1.29, 1.82) is 0 Å². The highest BCUT2D eigenvalue weighted by Gasteiger charge is 2.40. The van der Waals surface area contributed by atoms with Crippen LogP contribution in [-0.2, 0) is 11.4 Å². The molecule has 12 heteroatoms. The Morgan fingerprint density at radius 1 is 1.31 bits per heavy atom. The molecule has 1 N–H and O–H groups in total. The number of nitrogens with one attached hydrogen (secondary N) is 1. The number of benzene rings is 1. The zero-order valence-corrected chi connectivity index (χ0v) is 20.4. The van der Waals surface area contributed by atoms with Gasteiger partial charge in [0.05, 0.1) is 13.7 Å². The average Bonchev–Trinajstić information content (AvgIpc) is 2.84. The van der Waals surface area contributed by atoms with Gasteiger partial charge in [0.2, 0.25) is 5.43 Å². The smallest absolute Gasteiger partial charge is 0.274 e. The van der Waals surface area contributed by atoms with Crippen molar-refractivity contribution in [2.45, 2.75) is 39.0 Å². The number of carbonyl (C=O) groups excluding carboxylic acids is 2. The highest BCUT2D eigenvalue weighted by Crippen LogP contribution is 2.31. The van der Waals surface area contributed by atoms with Crippen LogP contribution in [0.2, 0.25) is 0 Å². The maximum Gasteiger partial charge on any atom is 0.274 e. The number of likely N-dealkylation sites (N-methyl/N-ethyl adjacent to an activating group) is 1. The predicted molar refractivity (Wildman–Crippen MR) is 126 cm³/mol. The average molecular weight is 504 g/mol. The SMILES string of the molecule is COc1c2n(cc(C(=O)NCc3ccc(F)cc3F)c1=O)C1CN(C2=O)[C@@H](C)CCO/N=C(/C)N1C. The zero-order valence-electron chi connectivity index (χ0n) is 20.4. The summed E-state index contributed by atoms with van der Waals surface area (Å²) in [6.07, 6.45) is 1.31. The summed E-state index contributed by atoms with van der Waals surface area (Å²) >= 11 is 0. The van der Waals surface area contributed by atoms with Crippen molar-refractivity contribution >= 4 is 17.6 Å². The van der Waals surface area contributed by atoms with E-state index < -0.39 is 35.0 Å². The van der Waals surface area contributed by atoms with Crippen LogP contribution in [-0.4, -0.2) is 65.4 Å². The summed E-state index contributed by atoms with van der Waals surface area (Å²) in [7, 11) is 3.02. The number of pyridine rings is 1. The minimum atomic E-state index is -0.824. The van der Waals surface area contributed by atoms with Crippen LogP contribution in [0, 0.1) is 11.6 Å². The van der Waals surface area contributed by atoms with Gasteiger partial charge in [0.25, 0.3) is 11.8 Å². The Bertz CT molecular complexity index is 1290. The summed E-state index contributed by atoms with van der Waals surface area (Å²) in [5.41, 5.74) is -0.990. The van der Waals surface area contributed by atoms with E-state index in [0.717, 1.165) is 6.07 Å². The predicted octanol–water partition coefficient (Wildman–Crippen LogP) is 2.09. The van der Waals surface area contributed by atoms with E-state index in [0.29, 0.717) is 24.9 Å². The lowest BCUT2D eigenvalue weighted by Crippen LogP contribution is -2.54. The number of ether oxygens (including phenoxy) is 1. The third-order valence-corrected chi connectivity index (χ3v) is 6.55. The fourth-order valence-electron chi connectivity index (χ4n) is 4.31. The summed E-state index contributed by atoms with van der Waals surface area (Å²) in [5, 5.41) is 6.61. The molecule has 2 bridgehead atoms. The van der Waals surface area contributed by atoms with Gasteiger partial charge in [-0.15, -0.1) is 0 Å². The van der Waals surface area contributed by atoms with Crippen LogP contribution in [0.15, 0.2) is 34.3 Å². The number of halogens is 2. The van der Waals surface area contributed by atoms with E-state index in [-0.39, 0.29) is 41.7 Å². The Kier molecular flexibility index (Phi) is 6.95. The maximum absolute atomic E-state index is 14.0. The van der Waals surface area contributed by atoms with Crippen LogP contribution in [0.25, 0.3) is 0 Å². The Hall–Kier alpha value is -3.96. The number of amides is 2. The van der Waals surface area contributed by atoms with E-state index in [1.54, 1.807) is 23.8 Å². The molecule has 2 aliphatic heterocycles. The molecule has 1 unspecified atom stereocenters. The summed E-state index contributed by atoms with van der Waals surface area (Å²) in [4.78, 5) is 48.6. The van der Waals surface area contributed by atoms with Crippen LogP contribution in [0.5, 0.6) is 5.75 Å². The van der Waals surface area contributed by atoms with Gasteiger partial charge >= 0.3 is 0 Å². The van der Waals surface area contributed by atoms with Crippen molar-refractivity contribution < 1.29 is 27.9 Å². The first-order valence-electron chi connectivity index (χ1n) is 11.4. The Morgan fingerprint density at radius 2 is 2.06 bits per heavy atom. The minimum Gasteiger partial charge on any atom is -0.491 e. The van der Waals surface area contributed by atoms with Gasteiger partial charge in [0.15, 0.2) is 11.4 Å². The molecule has 4 rings (SSSR count). The fourth-order valence-corrected chi connectivity index (χ4v) is 4.31. The van der Waals surface area contributed by atoms with E-state index in [9.17, 15) is 23.2 Å². The highest BCUT2D eigenvalue weighted by atomic mass is 19.1. The standard InChI is InChI=1S/C24H27F2N5O5/c1-13-7-8-36-28-14(2)29(3)19-12-30(13)24(34)20-22(35-4)21(32)17(11-31(19)20)23(33)27-10-15-5-6-16(25)9-18(15)26/h5-6,9,11,13,19H,7-8,10,12H2,1-4H3,(H,27,33)/b28-14-/t13-,19?/m0/s1. The Balaban J connectivity index is 1.78. The quantitative estimate of drug-likeness (QED) is 0.685. The molecule has 1 aromatic carbocycles. The number of hydrogen-bond donors (Lipinski definition) is 1. The van der Waals surface area contributed by atoms with Gasteiger partial charge in [0, 0.05) is 43.9 Å². The Labute approximate surface area is 206 Å². The van der Waals surface area contributed by atoms with Crippen molar-refractivity contribution in [3.05, 3.63) is 63.1 Å². The van der Waals surface area contributed by atoms with Gasteiger partial charge in [0.1, 0.15) is 35.8 Å². The van der Waals surface area contributed by atoms with E-state index >= 15 is 0 Å². The van der Waals surface area contributed by atoms with Gasteiger partial charge in [-0.1, -0.05) is 11.2 Å². The molecule has 10 nitrogen and oxygen atoms in total. The molecule has 0 saturated carbocycles. The largest absolute Gasteiger partial charge is 0.491 e. The molecular formula is C24H27F2N5O5. The molecule has 0 aliphatic carbocycles. The second-order valence-corrected chi connectivity index (χ2v) is 8.74. The van der Waals surface area contributed by atoms with Crippen molar-refractivity contribution in [1.82, 2.24) is 19.7 Å². The summed E-state index contributed by atoms with van der Waals surface area (Å²) < 4.78 is 34.1. The maximum atomic E-state index is 14.0. The first kappa shape index (κ1) is 25.1. The second kappa shape index (κ2) is 9.96. The number of carbonyl (C=O) groups is 2. The first-order chi connectivity index (χ1) is 17.1. The second-order valence-electron chi connectivity index (χ2n) is 8.74. The lowest BCUT2D eigenvalue weighted by Gasteiger charge is -2.43. The van der Waals surface area contributed by atoms with Crippen molar-refractivity contribution in [3.63, 3.8) is 0 Å². The van der Waals surface area contributed by atoms with Crippen molar-refractivity contribution in [3.8, 4) is 5.75 Å². The molecule has 2 atom stereocenters. The highest BCUT2D eigenvalue weighted by molar-refractivity contribution is 5.99. The van der Waals surface area contributed by atoms with Gasteiger partial charge < -0.3 is 29.3 Å². The fraction of sp³-hybridized carbons (Fsp3) is 0.417. The zero-order chi connectivity index (χ0) is 26.1. The minimum absolute atomic E-state index is 0.0212. The molecule has 0 fully saturated rings. The number of rotatable bonds is 4. The first-order valence-corrected chi connectivity index (χ1v) is 11.4. The number of aromatic nitrogens is 1. The van der Waals surface area contributed by atoms with Gasteiger partial charge in [-0.25, -0.2) is 8.78 Å². The number of fused-ring (bicyclic) bond motifs is 4. The van der Waals surface area contributed by atoms with E-state index in [1.807, 2.05) is 6.92 Å². The normalized spacial score (nSPS) is 21.2. The third kappa shape index (κ3) is 4.50. The molecule has 192 valence electrons. The van der Waals surface area contributed by atoms with Crippen LogP contribution < -0.4 is 15.5 Å². The molecule has 2 amide bonds. The molecule has 3 heterocycles. The molecule has 0 radical (unpaired) electrons. The lowest BCUT2D eigenvalue weighted by molar-refractivity contribution is 0.0361. The van der Waals surface area contributed by atoms with Crippen molar-refractivity contribution in [2.24, 2.45) is 5.16 Å². The Morgan fingerprint density at radius 3 is 2.75 bits per heavy atom. The van der Waals surface area contributed by atoms with Gasteiger partial charge in [-0.2, -0.15) is 0 Å². The number of methoxy groups -OCH3 is 1. The van der Waals surface area contributed by atoms with E-state index in [2.05, 4.69) is 10.5 Å². The molecular weight excluding hydrogens is 476 g/mol. The number of oxime groups is 1. The summed E-state index contributed by atoms with van der Waals surface area (Å²) in [6.45, 7) is 3.94. The third-order valence-electron chi connectivity index (χ3n) is 6.55. The molecule has 2 aromatic rings. The number of hydrogen-bond acceptors (Lipinski definition) is 7. The van der Waals surface area contributed by atoms with Crippen LogP contribution in [0.1, 0.15) is 52.8 Å². The molecule has 0 saturated heterocycles. The van der Waals surface area contributed by atoms with E-state index in [1.165, 1.54) is 23.9 Å². The molecule has 36 heavy (non-hydrogen) atoms. The molecule has 0 spiro atoms. The monoisotopic (exact) mass is 503 g/mol. The van der Waals surface area contributed by atoms with Gasteiger partial charge in [-0.05, 0) is 19.9 Å². The number of nitrogens with zero attached hydrogens (tertiary/aromatic N) is 4.